The molecule has 2 aromatic rings. The summed E-state index contributed by atoms with van der Waals surface area (Å²) in [4.78, 5) is 26.9. The molecular formula is C22H27BrN2O3. The monoisotopic (exact) mass is 446 g/mol. The molecule has 0 aromatic heterocycles. The Morgan fingerprint density at radius 2 is 1.89 bits per heavy atom. The van der Waals surface area contributed by atoms with E-state index in [9.17, 15) is 9.59 Å². The second-order valence-electron chi connectivity index (χ2n) is 6.72. The first-order chi connectivity index (χ1) is 13.4. The molecule has 28 heavy (non-hydrogen) atoms. The molecule has 5 nitrogen and oxygen atoms in total. The van der Waals surface area contributed by atoms with Crippen LogP contribution in [0.4, 0.5) is 0 Å². The second kappa shape index (κ2) is 10.9. The van der Waals surface area contributed by atoms with Crippen molar-refractivity contribution in [2.24, 2.45) is 0 Å². The van der Waals surface area contributed by atoms with E-state index in [-0.39, 0.29) is 18.4 Å². The summed E-state index contributed by atoms with van der Waals surface area (Å²) >= 11 is 3.37. The molecule has 2 aromatic carbocycles. The maximum absolute atomic E-state index is 12.9. The maximum atomic E-state index is 12.9. The zero-order chi connectivity index (χ0) is 20.5. The van der Waals surface area contributed by atoms with Gasteiger partial charge >= 0.3 is 0 Å². The van der Waals surface area contributed by atoms with Crippen LogP contribution < -0.4 is 10.1 Å². The molecule has 0 bridgehead atoms. The topological polar surface area (TPSA) is 58.6 Å². The van der Waals surface area contributed by atoms with Gasteiger partial charge in [-0.15, -0.1) is 0 Å². The number of benzene rings is 2. The third kappa shape index (κ3) is 6.68. The van der Waals surface area contributed by atoms with Crippen LogP contribution in [0, 0.1) is 6.92 Å². The first-order valence-corrected chi connectivity index (χ1v) is 10.2. The molecule has 0 spiro atoms. The Kier molecular flexibility index (Phi) is 8.51. The van der Waals surface area contributed by atoms with Gasteiger partial charge in [0.05, 0.1) is 0 Å². The summed E-state index contributed by atoms with van der Waals surface area (Å²) in [6, 6.07) is 14.6. The van der Waals surface area contributed by atoms with Crippen molar-refractivity contribution in [3.8, 4) is 5.75 Å². The van der Waals surface area contributed by atoms with Gasteiger partial charge in [-0.3, -0.25) is 9.59 Å². The average molecular weight is 447 g/mol. The minimum absolute atomic E-state index is 0.126. The first kappa shape index (κ1) is 22.0. The van der Waals surface area contributed by atoms with Crippen molar-refractivity contribution >= 4 is 27.7 Å². The van der Waals surface area contributed by atoms with Gasteiger partial charge in [-0.2, -0.15) is 0 Å². The van der Waals surface area contributed by atoms with E-state index < -0.39 is 6.04 Å². The van der Waals surface area contributed by atoms with Crippen molar-refractivity contribution < 1.29 is 14.3 Å². The first-order valence-electron chi connectivity index (χ1n) is 9.41. The predicted octanol–water partition coefficient (Wildman–Crippen LogP) is 4.08. The molecule has 6 heteroatoms. The Labute approximate surface area is 175 Å². The number of carbonyl (C=O) groups is 2. The molecule has 1 atom stereocenters. The summed E-state index contributed by atoms with van der Waals surface area (Å²) < 4.78 is 6.57. The molecule has 0 radical (unpaired) electrons. The standard InChI is InChI=1S/C22H27BrN2O3/c1-4-12-24-22(27)17(3)25(14-18-7-5-6-16(2)13-18)21(26)15-28-20-10-8-19(23)9-11-20/h5-11,13,17H,4,12,14-15H2,1-3H3,(H,24,27). The lowest BCUT2D eigenvalue weighted by molar-refractivity contribution is -0.142. The van der Waals surface area contributed by atoms with E-state index in [0.29, 0.717) is 18.8 Å². The van der Waals surface area contributed by atoms with Gasteiger partial charge in [-0.25, -0.2) is 0 Å². The van der Waals surface area contributed by atoms with E-state index in [2.05, 4.69) is 21.2 Å². The van der Waals surface area contributed by atoms with Crippen LogP contribution in [0.1, 0.15) is 31.4 Å². The third-order valence-corrected chi connectivity index (χ3v) is 4.86. The lowest BCUT2D eigenvalue weighted by atomic mass is 10.1. The minimum Gasteiger partial charge on any atom is -0.484 e. The zero-order valence-corrected chi connectivity index (χ0v) is 18.2. The van der Waals surface area contributed by atoms with Crippen molar-refractivity contribution in [3.63, 3.8) is 0 Å². The van der Waals surface area contributed by atoms with E-state index >= 15 is 0 Å². The Hall–Kier alpha value is -2.34. The molecule has 2 amide bonds. The molecule has 0 aliphatic rings. The molecule has 150 valence electrons. The fourth-order valence-corrected chi connectivity index (χ4v) is 3.01. The van der Waals surface area contributed by atoms with Crippen LogP contribution in [0.3, 0.4) is 0 Å². The van der Waals surface area contributed by atoms with E-state index in [0.717, 1.165) is 22.0 Å². The highest BCUT2D eigenvalue weighted by molar-refractivity contribution is 9.10. The molecule has 0 heterocycles. The number of rotatable bonds is 9. The highest BCUT2D eigenvalue weighted by atomic mass is 79.9. The quantitative estimate of drug-likeness (QED) is 0.630. The number of halogens is 1. The minimum atomic E-state index is -0.590. The normalized spacial score (nSPS) is 11.6. The fourth-order valence-electron chi connectivity index (χ4n) is 2.74. The van der Waals surface area contributed by atoms with Gasteiger partial charge in [0.2, 0.25) is 5.91 Å². The number of carbonyl (C=O) groups excluding carboxylic acids is 2. The lowest BCUT2D eigenvalue weighted by Gasteiger charge is -2.28. The third-order valence-electron chi connectivity index (χ3n) is 4.33. The lowest BCUT2D eigenvalue weighted by Crippen LogP contribution is -2.49. The van der Waals surface area contributed by atoms with Gasteiger partial charge < -0.3 is 15.0 Å². The van der Waals surface area contributed by atoms with E-state index in [4.69, 9.17) is 4.74 Å². The van der Waals surface area contributed by atoms with E-state index in [1.54, 1.807) is 24.0 Å². The molecule has 1 unspecified atom stereocenters. The van der Waals surface area contributed by atoms with Gasteiger partial charge in [0.1, 0.15) is 11.8 Å². The zero-order valence-electron chi connectivity index (χ0n) is 16.6. The van der Waals surface area contributed by atoms with Crippen molar-refractivity contribution in [3.05, 3.63) is 64.1 Å². The number of nitrogens with one attached hydrogen (secondary N) is 1. The van der Waals surface area contributed by atoms with Crippen molar-refractivity contribution in [2.75, 3.05) is 13.2 Å². The van der Waals surface area contributed by atoms with Crippen LogP contribution in [0.2, 0.25) is 0 Å². The highest BCUT2D eigenvalue weighted by Gasteiger charge is 2.26. The van der Waals surface area contributed by atoms with Gasteiger partial charge in [0, 0.05) is 17.6 Å². The SMILES string of the molecule is CCCNC(=O)C(C)N(Cc1cccc(C)c1)C(=O)COc1ccc(Br)cc1. The summed E-state index contributed by atoms with van der Waals surface area (Å²) in [6.45, 7) is 6.56. The summed E-state index contributed by atoms with van der Waals surface area (Å²) in [5.74, 6) is 0.213. The Morgan fingerprint density at radius 3 is 2.54 bits per heavy atom. The number of ether oxygens (including phenoxy) is 1. The molecule has 0 fully saturated rings. The number of aryl methyl sites for hydroxylation is 1. The number of nitrogens with zero attached hydrogens (tertiary/aromatic N) is 1. The molecule has 1 N–H and O–H groups in total. The highest BCUT2D eigenvalue weighted by Crippen LogP contribution is 2.17. The summed E-state index contributed by atoms with van der Waals surface area (Å²) in [5, 5.41) is 2.87. The Morgan fingerprint density at radius 1 is 1.18 bits per heavy atom. The van der Waals surface area contributed by atoms with E-state index in [1.807, 2.05) is 50.2 Å². The van der Waals surface area contributed by atoms with Crippen LogP contribution in [-0.4, -0.2) is 35.9 Å². The van der Waals surface area contributed by atoms with E-state index in [1.165, 1.54) is 0 Å². The molecule has 0 saturated carbocycles. The predicted molar refractivity (Wildman–Crippen MR) is 114 cm³/mol. The summed E-state index contributed by atoms with van der Waals surface area (Å²) in [6.07, 6.45) is 0.844. The number of hydrogen-bond acceptors (Lipinski definition) is 3. The van der Waals surface area contributed by atoms with Gasteiger partial charge in [-0.1, -0.05) is 52.7 Å². The number of amides is 2. The summed E-state index contributed by atoms with van der Waals surface area (Å²) in [7, 11) is 0. The van der Waals surface area contributed by atoms with Gasteiger partial charge in [0.25, 0.3) is 5.91 Å². The second-order valence-corrected chi connectivity index (χ2v) is 7.64. The van der Waals surface area contributed by atoms with Crippen molar-refractivity contribution in [1.29, 1.82) is 0 Å². The Bertz CT molecular complexity index is 793. The molecule has 0 aliphatic carbocycles. The van der Waals surface area contributed by atoms with Crippen LogP contribution in [-0.2, 0) is 16.1 Å². The molecule has 0 aliphatic heterocycles. The maximum Gasteiger partial charge on any atom is 0.261 e. The van der Waals surface area contributed by atoms with Crippen LogP contribution in [0.25, 0.3) is 0 Å². The van der Waals surface area contributed by atoms with Crippen molar-refractivity contribution in [1.82, 2.24) is 10.2 Å². The largest absolute Gasteiger partial charge is 0.484 e. The summed E-state index contributed by atoms with van der Waals surface area (Å²) in [5.41, 5.74) is 2.09. The fraction of sp³-hybridized carbons (Fsp3) is 0.364. The van der Waals surface area contributed by atoms with Crippen molar-refractivity contribution in [2.45, 2.75) is 39.8 Å². The van der Waals surface area contributed by atoms with Crippen LogP contribution in [0.5, 0.6) is 5.75 Å². The van der Waals surface area contributed by atoms with Crippen LogP contribution >= 0.6 is 15.9 Å². The van der Waals surface area contributed by atoms with Gasteiger partial charge in [-0.05, 0) is 50.1 Å². The Balaban J connectivity index is 2.12. The smallest absolute Gasteiger partial charge is 0.261 e. The van der Waals surface area contributed by atoms with Crippen LogP contribution in [0.15, 0.2) is 53.0 Å². The molecular weight excluding hydrogens is 420 g/mol. The molecule has 0 saturated heterocycles. The van der Waals surface area contributed by atoms with Gasteiger partial charge in [0.15, 0.2) is 6.61 Å². The molecule has 2 rings (SSSR count). The number of hydrogen-bond donors (Lipinski definition) is 1. The average Bonchev–Trinajstić information content (AvgIpc) is 2.69.